The Labute approximate surface area is 214 Å². The number of thiol groups is 1. The Morgan fingerprint density at radius 2 is 1.83 bits per heavy atom. The highest BCUT2D eigenvalue weighted by molar-refractivity contribution is 7.82. The molecule has 0 saturated carbocycles. The summed E-state index contributed by atoms with van der Waals surface area (Å²) >= 11 is 4.24. The van der Waals surface area contributed by atoms with Gasteiger partial charge in [-0.05, 0) is 71.2 Å². The Bertz CT molecular complexity index is 957. The van der Waals surface area contributed by atoms with Crippen LogP contribution in [-0.2, 0) is 6.54 Å². The van der Waals surface area contributed by atoms with Gasteiger partial charge in [-0.1, -0.05) is 43.1 Å². The van der Waals surface area contributed by atoms with Crippen molar-refractivity contribution in [1.82, 2.24) is 20.1 Å². The van der Waals surface area contributed by atoms with Crippen molar-refractivity contribution < 1.29 is 14.3 Å². The number of aromatic nitrogens is 1. The molecule has 9 heteroatoms. The van der Waals surface area contributed by atoms with E-state index >= 15 is 0 Å². The van der Waals surface area contributed by atoms with Crippen molar-refractivity contribution in [3.63, 3.8) is 0 Å². The maximum Gasteiger partial charge on any atom is 0.416 e. The second kappa shape index (κ2) is 12.3. The molecule has 1 N–H and O–H groups in total. The summed E-state index contributed by atoms with van der Waals surface area (Å²) in [5.41, 5.74) is 1.42. The Balaban J connectivity index is 1.40. The maximum atomic E-state index is 12.6. The minimum atomic E-state index is -0.391. The van der Waals surface area contributed by atoms with Crippen LogP contribution in [0.15, 0.2) is 48.7 Å². The number of anilines is 1. The maximum absolute atomic E-state index is 12.6. The highest BCUT2D eigenvalue weighted by Gasteiger charge is 2.25. The summed E-state index contributed by atoms with van der Waals surface area (Å²) in [6.07, 6.45) is 4.13. The number of pyridine rings is 1. The number of carbonyl (C=O) groups excluding carboxylic acids is 2. The van der Waals surface area contributed by atoms with Gasteiger partial charge in [-0.15, -0.1) is 0 Å². The second-order valence-electron chi connectivity index (χ2n) is 10.2. The predicted octanol–water partition coefficient (Wildman–Crippen LogP) is 4.97. The number of carbonyl (C=O) groups is 2. The van der Waals surface area contributed by atoms with Crippen molar-refractivity contribution in [2.24, 2.45) is 5.92 Å². The zero-order chi connectivity index (χ0) is 25.4. The van der Waals surface area contributed by atoms with Crippen LogP contribution in [0.5, 0.6) is 5.88 Å². The second-order valence-corrected chi connectivity index (χ2v) is 10.6. The van der Waals surface area contributed by atoms with Crippen LogP contribution in [0.2, 0.25) is 0 Å². The van der Waals surface area contributed by atoms with Gasteiger partial charge in [0, 0.05) is 31.2 Å². The summed E-state index contributed by atoms with van der Waals surface area (Å²) < 4.78 is 6.63. The van der Waals surface area contributed by atoms with E-state index in [-0.39, 0.29) is 17.5 Å². The molecule has 35 heavy (non-hydrogen) atoms. The fourth-order valence-corrected chi connectivity index (χ4v) is 4.15. The number of likely N-dealkylation sites (tertiary alicyclic amines) is 1. The van der Waals surface area contributed by atoms with E-state index in [0.717, 1.165) is 32.4 Å². The third kappa shape index (κ3) is 8.74. The van der Waals surface area contributed by atoms with E-state index in [1.165, 1.54) is 16.1 Å². The Kier molecular flexibility index (Phi) is 9.40. The molecule has 2 aromatic rings. The number of piperidine rings is 1. The summed E-state index contributed by atoms with van der Waals surface area (Å²) in [7, 11) is 2.15. The smallest absolute Gasteiger partial charge is 0.391 e. The van der Waals surface area contributed by atoms with E-state index in [0.29, 0.717) is 24.7 Å². The monoisotopic (exact) mass is 499 g/mol. The molecule has 1 aromatic carbocycles. The van der Waals surface area contributed by atoms with Gasteiger partial charge in [0.05, 0.1) is 11.9 Å². The lowest BCUT2D eigenvalue weighted by atomic mass is 9.93. The number of urea groups is 1. The zero-order valence-electron chi connectivity index (χ0n) is 21.1. The van der Waals surface area contributed by atoms with Gasteiger partial charge >= 0.3 is 12.1 Å². The molecule has 0 unspecified atom stereocenters. The third-order valence-corrected chi connectivity index (χ3v) is 6.33. The fraction of sp³-hybridized carbons (Fsp3) is 0.500. The van der Waals surface area contributed by atoms with Gasteiger partial charge in [-0.25, -0.2) is 18.9 Å². The minimum absolute atomic E-state index is 0.196. The van der Waals surface area contributed by atoms with E-state index in [1.54, 1.807) is 17.0 Å². The molecule has 3 amide bonds. The molecule has 0 atom stereocenters. The van der Waals surface area contributed by atoms with Crippen LogP contribution < -0.4 is 14.4 Å². The zero-order valence-corrected chi connectivity index (χ0v) is 22.0. The average molecular weight is 500 g/mol. The highest BCUT2D eigenvalue weighted by atomic mass is 32.1. The Hall–Kier alpha value is -2.78. The van der Waals surface area contributed by atoms with Crippen molar-refractivity contribution in [3.8, 4) is 5.88 Å². The number of amides is 3. The number of nitrogens with one attached hydrogen (secondary N) is 1. The van der Waals surface area contributed by atoms with Crippen LogP contribution in [-0.4, -0.2) is 59.1 Å². The van der Waals surface area contributed by atoms with Crippen molar-refractivity contribution in [2.75, 3.05) is 31.0 Å². The SMILES string of the molecule is CN(CCC1CCN(C(=O)Oc2ccc(N(S)C(=O)NC(C)(C)C)cn2)CC1)Cc1ccccc1. The number of hydrogen-bond acceptors (Lipinski definition) is 6. The van der Waals surface area contributed by atoms with Crippen LogP contribution in [0, 0.1) is 5.92 Å². The first-order valence-corrected chi connectivity index (χ1v) is 12.5. The van der Waals surface area contributed by atoms with Crippen LogP contribution in [0.3, 0.4) is 0 Å². The largest absolute Gasteiger partial charge is 0.416 e. The number of nitrogens with zero attached hydrogens (tertiary/aromatic N) is 4. The van der Waals surface area contributed by atoms with Crippen LogP contribution in [0.1, 0.15) is 45.6 Å². The standard InChI is InChI=1S/C26H37N5O3S/c1-26(2,3)28-24(32)31(35)22-10-11-23(27-18-22)34-25(33)30-16-13-20(14-17-30)12-15-29(4)19-21-8-6-5-7-9-21/h5-11,18,20,35H,12-17,19H2,1-4H3,(H,28,32). The Morgan fingerprint density at radius 3 is 2.43 bits per heavy atom. The van der Waals surface area contributed by atoms with Crippen molar-refractivity contribution in [2.45, 2.75) is 52.1 Å². The average Bonchev–Trinajstić information content (AvgIpc) is 2.82. The lowest BCUT2D eigenvalue weighted by Gasteiger charge is -2.32. The molecular formula is C26H37N5O3S. The fourth-order valence-electron chi connectivity index (χ4n) is 3.98. The molecule has 190 valence electrons. The van der Waals surface area contributed by atoms with E-state index in [1.807, 2.05) is 26.8 Å². The first kappa shape index (κ1) is 26.8. The van der Waals surface area contributed by atoms with Crippen LogP contribution >= 0.6 is 12.8 Å². The van der Waals surface area contributed by atoms with E-state index in [2.05, 4.69) is 59.3 Å². The molecule has 1 saturated heterocycles. The molecule has 0 aliphatic carbocycles. The van der Waals surface area contributed by atoms with E-state index < -0.39 is 6.09 Å². The summed E-state index contributed by atoms with van der Waals surface area (Å²) in [5, 5.41) is 2.82. The molecule has 1 aliphatic rings. The lowest BCUT2D eigenvalue weighted by molar-refractivity contribution is 0.125. The number of benzene rings is 1. The quantitative estimate of drug-likeness (QED) is 0.526. The minimum Gasteiger partial charge on any atom is -0.391 e. The summed E-state index contributed by atoms with van der Waals surface area (Å²) in [6.45, 7) is 9.02. The Morgan fingerprint density at radius 1 is 1.14 bits per heavy atom. The van der Waals surface area contributed by atoms with Crippen molar-refractivity contribution >= 4 is 30.6 Å². The summed E-state index contributed by atoms with van der Waals surface area (Å²) in [6, 6.07) is 13.3. The van der Waals surface area contributed by atoms with Gasteiger partial charge < -0.3 is 19.9 Å². The summed E-state index contributed by atoms with van der Waals surface area (Å²) in [4.78, 5) is 33.1. The third-order valence-electron chi connectivity index (χ3n) is 5.92. The van der Waals surface area contributed by atoms with Crippen LogP contribution in [0.4, 0.5) is 15.3 Å². The van der Waals surface area contributed by atoms with E-state index in [9.17, 15) is 9.59 Å². The molecule has 1 fully saturated rings. The van der Waals surface area contributed by atoms with Gasteiger partial charge in [0.1, 0.15) is 0 Å². The number of rotatable bonds is 7. The van der Waals surface area contributed by atoms with Gasteiger partial charge in [0.15, 0.2) is 0 Å². The van der Waals surface area contributed by atoms with Gasteiger partial charge in [-0.3, -0.25) is 0 Å². The molecule has 0 bridgehead atoms. The van der Waals surface area contributed by atoms with Crippen molar-refractivity contribution in [1.29, 1.82) is 0 Å². The van der Waals surface area contributed by atoms with Gasteiger partial charge in [0.2, 0.25) is 5.88 Å². The van der Waals surface area contributed by atoms with Crippen LogP contribution in [0.25, 0.3) is 0 Å². The molecule has 0 spiro atoms. The number of hydrogen-bond donors (Lipinski definition) is 2. The molecule has 2 heterocycles. The summed E-state index contributed by atoms with van der Waals surface area (Å²) in [5.74, 6) is 0.802. The van der Waals surface area contributed by atoms with E-state index in [4.69, 9.17) is 4.74 Å². The molecular weight excluding hydrogens is 462 g/mol. The highest BCUT2D eigenvalue weighted by Crippen LogP contribution is 2.23. The first-order chi connectivity index (χ1) is 16.6. The molecule has 1 aliphatic heterocycles. The molecule has 8 nitrogen and oxygen atoms in total. The molecule has 1 aromatic heterocycles. The first-order valence-electron chi connectivity index (χ1n) is 12.1. The normalized spacial score (nSPS) is 14.6. The molecule has 0 radical (unpaired) electrons. The topological polar surface area (TPSA) is 78.0 Å². The van der Waals surface area contributed by atoms with Gasteiger partial charge in [0.25, 0.3) is 0 Å². The number of ether oxygens (including phenoxy) is 1. The molecule has 3 rings (SSSR count). The lowest BCUT2D eigenvalue weighted by Crippen LogP contribution is -2.45. The predicted molar refractivity (Wildman–Crippen MR) is 142 cm³/mol. The van der Waals surface area contributed by atoms with Gasteiger partial charge in [-0.2, -0.15) is 0 Å². The van der Waals surface area contributed by atoms with Crippen molar-refractivity contribution in [3.05, 3.63) is 54.2 Å².